The van der Waals surface area contributed by atoms with Crippen molar-refractivity contribution in [2.75, 3.05) is 0 Å². The molecule has 3 heterocycles. The molecular formula is C17H17N3O4S. The Bertz CT molecular complexity index is 958. The zero-order valence-electron chi connectivity index (χ0n) is 14.0. The fourth-order valence-electron chi connectivity index (χ4n) is 2.44. The van der Waals surface area contributed by atoms with Gasteiger partial charge in [0.1, 0.15) is 4.88 Å². The maximum absolute atomic E-state index is 12.7. The first-order chi connectivity index (χ1) is 11.9. The van der Waals surface area contributed by atoms with Crippen LogP contribution in [0.25, 0.3) is 11.1 Å². The Morgan fingerprint density at radius 3 is 2.76 bits per heavy atom. The van der Waals surface area contributed by atoms with E-state index in [1.807, 2.05) is 13.8 Å². The molecule has 0 spiro atoms. The second-order valence-corrected chi connectivity index (χ2v) is 7.12. The number of carbonyl (C=O) groups excluding carboxylic acids is 1. The molecule has 0 fully saturated rings. The number of hydrogen-bond acceptors (Lipinski definition) is 6. The molecule has 3 aromatic heterocycles. The number of fused-ring (bicyclic) bond motifs is 1. The van der Waals surface area contributed by atoms with Crippen LogP contribution >= 0.6 is 11.3 Å². The van der Waals surface area contributed by atoms with Crippen LogP contribution in [0.3, 0.4) is 0 Å². The summed E-state index contributed by atoms with van der Waals surface area (Å²) < 4.78 is 5.22. The minimum atomic E-state index is -0.972. The highest BCUT2D eigenvalue weighted by Crippen LogP contribution is 2.25. The minimum absolute atomic E-state index is 0.136. The van der Waals surface area contributed by atoms with Crippen LogP contribution in [0.15, 0.2) is 22.7 Å². The maximum Gasteiger partial charge on any atom is 0.345 e. The van der Waals surface area contributed by atoms with Crippen molar-refractivity contribution < 1.29 is 19.2 Å². The van der Waals surface area contributed by atoms with E-state index in [9.17, 15) is 9.59 Å². The second kappa shape index (κ2) is 6.64. The third-order valence-corrected chi connectivity index (χ3v) is 4.84. The molecule has 0 atom stereocenters. The maximum atomic E-state index is 12.7. The average Bonchev–Trinajstić information content (AvgIpc) is 3.19. The number of aromatic carboxylic acids is 1. The molecule has 7 nitrogen and oxygen atoms in total. The number of carboxylic acid groups (broad SMARTS) is 1. The summed E-state index contributed by atoms with van der Waals surface area (Å²) in [5.41, 5.74) is 2.16. The second-order valence-electron chi connectivity index (χ2n) is 5.95. The zero-order valence-corrected chi connectivity index (χ0v) is 14.8. The third kappa shape index (κ3) is 3.39. The number of aromatic nitrogens is 2. The Morgan fingerprint density at radius 1 is 1.36 bits per heavy atom. The molecule has 1 amide bonds. The van der Waals surface area contributed by atoms with Crippen molar-refractivity contribution in [1.82, 2.24) is 15.5 Å². The van der Waals surface area contributed by atoms with Gasteiger partial charge in [-0.2, -0.15) is 0 Å². The van der Waals surface area contributed by atoms with E-state index in [0.717, 1.165) is 21.9 Å². The van der Waals surface area contributed by atoms with Crippen LogP contribution < -0.4 is 5.32 Å². The van der Waals surface area contributed by atoms with Gasteiger partial charge in [-0.15, -0.1) is 11.3 Å². The summed E-state index contributed by atoms with van der Waals surface area (Å²) in [5, 5.41) is 16.3. The molecule has 0 saturated heterocycles. The molecule has 25 heavy (non-hydrogen) atoms. The van der Waals surface area contributed by atoms with Crippen molar-refractivity contribution in [3.8, 4) is 0 Å². The van der Waals surface area contributed by atoms with Gasteiger partial charge in [0.2, 0.25) is 0 Å². The number of pyridine rings is 1. The summed E-state index contributed by atoms with van der Waals surface area (Å²) >= 11 is 1.14. The Morgan fingerprint density at radius 2 is 2.12 bits per heavy atom. The average molecular weight is 359 g/mol. The van der Waals surface area contributed by atoms with Crippen molar-refractivity contribution in [1.29, 1.82) is 0 Å². The number of carbonyl (C=O) groups is 2. The van der Waals surface area contributed by atoms with Crippen molar-refractivity contribution >= 4 is 34.3 Å². The first kappa shape index (κ1) is 17.1. The highest BCUT2D eigenvalue weighted by molar-refractivity contribution is 7.13. The predicted octanol–water partition coefficient (Wildman–Crippen LogP) is 3.34. The van der Waals surface area contributed by atoms with Gasteiger partial charge in [0.15, 0.2) is 0 Å². The Hall–Kier alpha value is -2.74. The van der Waals surface area contributed by atoms with E-state index >= 15 is 0 Å². The lowest BCUT2D eigenvalue weighted by Gasteiger charge is -2.09. The quantitative estimate of drug-likeness (QED) is 0.724. The van der Waals surface area contributed by atoms with Gasteiger partial charge in [-0.25, -0.2) is 9.78 Å². The number of amides is 1. The fraction of sp³-hybridized carbons (Fsp3) is 0.294. The summed E-state index contributed by atoms with van der Waals surface area (Å²) in [6, 6.07) is 4.98. The molecule has 0 aliphatic rings. The van der Waals surface area contributed by atoms with Crippen LogP contribution in [0.1, 0.15) is 56.1 Å². The highest BCUT2D eigenvalue weighted by Gasteiger charge is 2.19. The van der Waals surface area contributed by atoms with Crippen LogP contribution in [-0.2, 0) is 6.54 Å². The molecule has 3 aromatic rings. The number of hydrogen-bond donors (Lipinski definition) is 2. The van der Waals surface area contributed by atoms with Gasteiger partial charge in [0, 0.05) is 10.6 Å². The first-order valence-electron chi connectivity index (χ1n) is 7.74. The van der Waals surface area contributed by atoms with Crippen LogP contribution in [0.5, 0.6) is 0 Å². The van der Waals surface area contributed by atoms with Gasteiger partial charge in [-0.1, -0.05) is 19.0 Å². The summed E-state index contributed by atoms with van der Waals surface area (Å²) in [4.78, 5) is 29.0. The molecule has 0 bridgehead atoms. The lowest BCUT2D eigenvalue weighted by atomic mass is 10.0. The van der Waals surface area contributed by atoms with Crippen LogP contribution in [0.2, 0.25) is 0 Å². The van der Waals surface area contributed by atoms with E-state index < -0.39 is 5.97 Å². The molecule has 2 N–H and O–H groups in total. The summed E-state index contributed by atoms with van der Waals surface area (Å²) in [6.07, 6.45) is 0. The zero-order chi connectivity index (χ0) is 18.1. The minimum Gasteiger partial charge on any atom is -0.477 e. The molecular weight excluding hydrogens is 342 g/mol. The lowest BCUT2D eigenvalue weighted by Crippen LogP contribution is -2.23. The SMILES string of the molecule is Cc1noc2nc(C(C)C)cc(C(=O)NCc3ccc(C(=O)O)s3)c12. The van der Waals surface area contributed by atoms with Crippen LogP contribution in [-0.4, -0.2) is 27.1 Å². The Kier molecular flexibility index (Phi) is 4.54. The van der Waals surface area contributed by atoms with E-state index in [2.05, 4.69) is 15.5 Å². The van der Waals surface area contributed by atoms with E-state index in [-0.39, 0.29) is 23.2 Å². The van der Waals surface area contributed by atoms with E-state index in [1.165, 1.54) is 6.07 Å². The number of rotatable bonds is 5. The summed E-state index contributed by atoms with van der Waals surface area (Å²) in [5.74, 6) is -1.11. The van der Waals surface area contributed by atoms with Crippen LogP contribution in [0.4, 0.5) is 0 Å². The molecule has 0 unspecified atom stereocenters. The van der Waals surface area contributed by atoms with Crippen molar-refractivity contribution in [3.05, 3.63) is 44.9 Å². The Labute approximate surface area is 147 Å². The monoisotopic (exact) mass is 359 g/mol. The van der Waals surface area contributed by atoms with E-state index in [0.29, 0.717) is 22.4 Å². The number of nitrogens with one attached hydrogen (secondary N) is 1. The molecule has 130 valence electrons. The normalized spacial score (nSPS) is 11.2. The molecule has 0 aliphatic heterocycles. The van der Waals surface area contributed by atoms with E-state index in [4.69, 9.17) is 9.63 Å². The van der Waals surface area contributed by atoms with Crippen LogP contribution in [0, 0.1) is 6.92 Å². The van der Waals surface area contributed by atoms with Crippen molar-refractivity contribution in [3.63, 3.8) is 0 Å². The van der Waals surface area contributed by atoms with Crippen molar-refractivity contribution in [2.45, 2.75) is 33.2 Å². The standard InChI is InChI=1S/C17H17N3O4S/c1-8(2)12-6-11(14-9(3)20-24-16(14)19-12)15(21)18-7-10-4-5-13(25-10)17(22)23/h4-6,8H,7H2,1-3H3,(H,18,21)(H,22,23). The molecule has 0 aromatic carbocycles. The highest BCUT2D eigenvalue weighted by atomic mass is 32.1. The molecule has 3 rings (SSSR count). The topological polar surface area (TPSA) is 105 Å². The third-order valence-electron chi connectivity index (χ3n) is 3.77. The molecule has 0 aliphatic carbocycles. The number of thiophene rings is 1. The summed E-state index contributed by atoms with van der Waals surface area (Å²) in [6.45, 7) is 5.98. The Balaban J connectivity index is 1.87. The van der Waals surface area contributed by atoms with Gasteiger partial charge in [0.05, 0.1) is 23.2 Å². The van der Waals surface area contributed by atoms with Gasteiger partial charge in [-0.05, 0) is 31.0 Å². The molecule has 0 saturated carbocycles. The number of aryl methyl sites for hydroxylation is 1. The largest absolute Gasteiger partial charge is 0.477 e. The molecule has 0 radical (unpaired) electrons. The lowest BCUT2D eigenvalue weighted by molar-refractivity contribution is 0.0702. The van der Waals surface area contributed by atoms with Gasteiger partial charge in [-0.3, -0.25) is 4.79 Å². The number of nitrogens with zero attached hydrogens (tertiary/aromatic N) is 2. The first-order valence-corrected chi connectivity index (χ1v) is 8.55. The predicted molar refractivity (Wildman–Crippen MR) is 93.1 cm³/mol. The fourth-order valence-corrected chi connectivity index (χ4v) is 3.23. The van der Waals surface area contributed by atoms with Gasteiger partial charge < -0.3 is 14.9 Å². The smallest absolute Gasteiger partial charge is 0.345 e. The summed E-state index contributed by atoms with van der Waals surface area (Å²) in [7, 11) is 0. The van der Waals surface area contributed by atoms with E-state index in [1.54, 1.807) is 19.1 Å². The van der Waals surface area contributed by atoms with Crippen molar-refractivity contribution in [2.24, 2.45) is 0 Å². The van der Waals surface area contributed by atoms with Gasteiger partial charge >= 0.3 is 5.97 Å². The molecule has 8 heteroatoms. The number of carboxylic acids is 1. The van der Waals surface area contributed by atoms with Gasteiger partial charge in [0.25, 0.3) is 11.6 Å².